The summed E-state index contributed by atoms with van der Waals surface area (Å²) in [6, 6.07) is 3.66. The second kappa shape index (κ2) is 4.63. The third-order valence-corrected chi connectivity index (χ3v) is 2.60. The Morgan fingerprint density at radius 3 is 2.88 bits per heavy atom. The number of nitrogens with two attached hydrogens (primary N) is 1. The lowest BCUT2D eigenvalue weighted by atomic mass is 10.2. The molecule has 2 aromatic rings. The fourth-order valence-corrected chi connectivity index (χ4v) is 1.68. The zero-order valence-electron chi connectivity index (χ0n) is 9.57. The van der Waals surface area contributed by atoms with E-state index in [0.29, 0.717) is 17.2 Å². The zero-order valence-corrected chi connectivity index (χ0v) is 10.3. The average molecular weight is 253 g/mol. The number of anilines is 2. The van der Waals surface area contributed by atoms with Gasteiger partial charge in [-0.3, -0.25) is 0 Å². The molecule has 0 radical (unpaired) electrons. The predicted octanol–water partition coefficient (Wildman–Crippen LogP) is 2.79. The molecule has 3 N–H and O–H groups in total. The van der Waals surface area contributed by atoms with Gasteiger partial charge in [-0.2, -0.15) is 4.98 Å². The van der Waals surface area contributed by atoms with E-state index in [1.54, 1.807) is 13.2 Å². The lowest BCUT2D eigenvalue weighted by Gasteiger charge is -2.14. The minimum Gasteiger partial charge on any atom is -0.467 e. The van der Waals surface area contributed by atoms with Gasteiger partial charge < -0.3 is 15.5 Å². The van der Waals surface area contributed by atoms with Crippen molar-refractivity contribution >= 4 is 23.1 Å². The van der Waals surface area contributed by atoms with Crippen LogP contribution in [-0.2, 0) is 0 Å². The van der Waals surface area contributed by atoms with Crippen molar-refractivity contribution in [2.24, 2.45) is 0 Å². The van der Waals surface area contributed by atoms with Crippen molar-refractivity contribution in [1.82, 2.24) is 9.97 Å². The molecule has 2 rings (SSSR count). The van der Waals surface area contributed by atoms with Crippen LogP contribution in [0.15, 0.2) is 22.8 Å². The monoisotopic (exact) mass is 252 g/mol. The normalized spacial score (nSPS) is 12.4. The maximum Gasteiger partial charge on any atom is 0.224 e. The van der Waals surface area contributed by atoms with Crippen LogP contribution in [0.2, 0.25) is 5.28 Å². The van der Waals surface area contributed by atoms with E-state index in [2.05, 4.69) is 15.3 Å². The smallest absolute Gasteiger partial charge is 0.224 e. The van der Waals surface area contributed by atoms with Crippen LogP contribution < -0.4 is 11.1 Å². The van der Waals surface area contributed by atoms with E-state index in [0.717, 1.165) is 5.76 Å². The van der Waals surface area contributed by atoms with Gasteiger partial charge in [0.25, 0.3) is 0 Å². The third-order valence-electron chi connectivity index (χ3n) is 2.43. The fourth-order valence-electron chi connectivity index (χ4n) is 1.47. The molecule has 0 spiro atoms. The van der Waals surface area contributed by atoms with Gasteiger partial charge in [-0.15, -0.1) is 0 Å². The Morgan fingerprint density at radius 1 is 1.47 bits per heavy atom. The van der Waals surface area contributed by atoms with Gasteiger partial charge in [0, 0.05) is 0 Å². The molecule has 0 bridgehead atoms. The molecule has 17 heavy (non-hydrogen) atoms. The highest BCUT2D eigenvalue weighted by Gasteiger charge is 2.13. The van der Waals surface area contributed by atoms with Gasteiger partial charge >= 0.3 is 0 Å². The number of nitrogens with zero attached hydrogens (tertiary/aromatic N) is 2. The number of hydrogen-bond acceptors (Lipinski definition) is 5. The SMILES string of the molecule is Cc1nc(Cl)nc(NC(C)c2ccco2)c1N. The summed E-state index contributed by atoms with van der Waals surface area (Å²) in [6.07, 6.45) is 1.62. The third kappa shape index (κ3) is 2.50. The van der Waals surface area contributed by atoms with E-state index in [4.69, 9.17) is 21.8 Å². The van der Waals surface area contributed by atoms with Gasteiger partial charge in [0.05, 0.1) is 23.7 Å². The molecular formula is C11H13ClN4O. The van der Waals surface area contributed by atoms with Crippen LogP contribution in [0.3, 0.4) is 0 Å². The summed E-state index contributed by atoms with van der Waals surface area (Å²) in [5.74, 6) is 1.32. The van der Waals surface area contributed by atoms with Crippen molar-refractivity contribution in [1.29, 1.82) is 0 Å². The molecule has 0 aliphatic rings. The minimum absolute atomic E-state index is 0.0438. The predicted molar refractivity (Wildman–Crippen MR) is 66.9 cm³/mol. The van der Waals surface area contributed by atoms with Crippen LogP contribution in [-0.4, -0.2) is 9.97 Å². The highest BCUT2D eigenvalue weighted by atomic mass is 35.5. The molecule has 1 atom stereocenters. The van der Waals surface area contributed by atoms with E-state index in [9.17, 15) is 0 Å². The first-order valence-electron chi connectivity index (χ1n) is 5.17. The topological polar surface area (TPSA) is 77.0 Å². The Bertz CT molecular complexity index is 512. The summed E-state index contributed by atoms with van der Waals surface area (Å²) in [5.41, 5.74) is 7.02. The highest BCUT2D eigenvalue weighted by Crippen LogP contribution is 2.25. The molecule has 0 aliphatic carbocycles. The lowest BCUT2D eigenvalue weighted by molar-refractivity contribution is 0.490. The van der Waals surface area contributed by atoms with Crippen LogP contribution in [0.1, 0.15) is 24.4 Å². The van der Waals surface area contributed by atoms with Crippen LogP contribution in [0.4, 0.5) is 11.5 Å². The number of rotatable bonds is 3. The highest BCUT2D eigenvalue weighted by molar-refractivity contribution is 6.28. The van der Waals surface area contributed by atoms with E-state index >= 15 is 0 Å². The van der Waals surface area contributed by atoms with E-state index in [1.165, 1.54) is 0 Å². The molecule has 90 valence electrons. The molecule has 6 heteroatoms. The summed E-state index contributed by atoms with van der Waals surface area (Å²) in [6.45, 7) is 3.73. The number of furan rings is 1. The molecule has 0 aliphatic heterocycles. The number of hydrogen-bond donors (Lipinski definition) is 2. The van der Waals surface area contributed by atoms with Gasteiger partial charge in [-0.1, -0.05) is 0 Å². The van der Waals surface area contributed by atoms with E-state index in [-0.39, 0.29) is 11.3 Å². The molecule has 0 saturated heterocycles. The first-order valence-corrected chi connectivity index (χ1v) is 5.55. The van der Waals surface area contributed by atoms with Gasteiger partial charge in [-0.05, 0) is 37.6 Å². The molecule has 1 unspecified atom stereocenters. The molecule has 0 amide bonds. The van der Waals surface area contributed by atoms with Crippen molar-refractivity contribution in [3.63, 3.8) is 0 Å². The second-order valence-electron chi connectivity index (χ2n) is 3.72. The molecule has 2 heterocycles. The number of nitrogen functional groups attached to an aromatic ring is 1. The molecule has 5 nitrogen and oxygen atoms in total. The van der Waals surface area contributed by atoms with Gasteiger partial charge in [-0.25, -0.2) is 4.98 Å². The number of aryl methyl sites for hydroxylation is 1. The van der Waals surface area contributed by atoms with Gasteiger partial charge in [0.15, 0.2) is 5.82 Å². The zero-order chi connectivity index (χ0) is 12.4. The molecule has 2 aromatic heterocycles. The number of aromatic nitrogens is 2. The first kappa shape index (κ1) is 11.7. The van der Waals surface area contributed by atoms with Crippen molar-refractivity contribution in [2.75, 3.05) is 11.1 Å². The first-order chi connectivity index (χ1) is 8.08. The largest absolute Gasteiger partial charge is 0.467 e. The Balaban J connectivity index is 2.24. The summed E-state index contributed by atoms with van der Waals surface area (Å²) in [4.78, 5) is 8.03. The second-order valence-corrected chi connectivity index (χ2v) is 4.06. The van der Waals surface area contributed by atoms with Crippen molar-refractivity contribution in [3.05, 3.63) is 35.1 Å². The minimum atomic E-state index is -0.0438. The van der Waals surface area contributed by atoms with E-state index in [1.807, 2.05) is 19.1 Å². The van der Waals surface area contributed by atoms with Crippen LogP contribution in [0, 0.1) is 6.92 Å². The van der Waals surface area contributed by atoms with Crippen molar-refractivity contribution in [2.45, 2.75) is 19.9 Å². The molecular weight excluding hydrogens is 240 g/mol. The summed E-state index contributed by atoms with van der Waals surface area (Å²) < 4.78 is 5.29. The summed E-state index contributed by atoms with van der Waals surface area (Å²) in [7, 11) is 0. The maximum absolute atomic E-state index is 5.88. The number of nitrogens with one attached hydrogen (secondary N) is 1. The van der Waals surface area contributed by atoms with E-state index < -0.39 is 0 Å². The molecule has 0 saturated carbocycles. The lowest BCUT2D eigenvalue weighted by Crippen LogP contribution is -2.11. The Labute approximate surface area is 104 Å². The summed E-state index contributed by atoms with van der Waals surface area (Å²) in [5, 5.41) is 3.31. The van der Waals surface area contributed by atoms with Crippen molar-refractivity contribution in [3.8, 4) is 0 Å². The van der Waals surface area contributed by atoms with Crippen molar-refractivity contribution < 1.29 is 4.42 Å². The molecule has 0 aromatic carbocycles. The number of halogens is 1. The quantitative estimate of drug-likeness (QED) is 0.822. The van der Waals surface area contributed by atoms with Crippen LogP contribution in [0.5, 0.6) is 0 Å². The molecule has 0 fully saturated rings. The van der Waals surface area contributed by atoms with Crippen LogP contribution in [0.25, 0.3) is 0 Å². The van der Waals surface area contributed by atoms with Gasteiger partial charge in [0.1, 0.15) is 5.76 Å². The Kier molecular flexibility index (Phi) is 3.19. The van der Waals surface area contributed by atoms with Crippen LogP contribution >= 0.6 is 11.6 Å². The fraction of sp³-hybridized carbons (Fsp3) is 0.273. The van der Waals surface area contributed by atoms with Gasteiger partial charge in [0.2, 0.25) is 5.28 Å². The standard InChI is InChI=1S/C11H13ClN4O/c1-6(8-4-3-5-17-8)14-10-9(13)7(2)15-11(12)16-10/h3-6H,13H2,1-2H3,(H,14,15,16). The Hall–Kier alpha value is -1.75. The average Bonchev–Trinajstić information content (AvgIpc) is 2.78. The summed E-state index contributed by atoms with van der Waals surface area (Å²) >= 11 is 5.79. The maximum atomic E-state index is 5.88. The Morgan fingerprint density at radius 2 is 2.24 bits per heavy atom.